The molecule has 0 N–H and O–H groups in total. The van der Waals surface area contributed by atoms with E-state index in [0.29, 0.717) is 5.56 Å². The van der Waals surface area contributed by atoms with E-state index in [9.17, 15) is 0 Å². The van der Waals surface area contributed by atoms with Gasteiger partial charge in [0.05, 0.1) is 5.69 Å². The maximum atomic E-state index is 8.50. The van der Waals surface area contributed by atoms with Gasteiger partial charge in [0, 0.05) is 26.3 Å². The molecule has 0 heterocycles. The first kappa shape index (κ1) is 18.1. The number of hydrogen-bond acceptors (Lipinski definition) is 1. The Labute approximate surface area is 202 Å². The number of anilines is 2. The molecule has 33 heavy (non-hydrogen) atoms. The van der Waals surface area contributed by atoms with E-state index >= 15 is 0 Å². The van der Waals surface area contributed by atoms with Gasteiger partial charge in [-0.3, -0.25) is 0 Å². The zero-order valence-corrected chi connectivity index (χ0v) is 20.1. The normalized spacial score (nSPS) is 15.7. The average molecular weight is 435 g/mol. The summed E-state index contributed by atoms with van der Waals surface area (Å²) >= 11 is 0. The van der Waals surface area contributed by atoms with Gasteiger partial charge in [0.1, 0.15) is 0 Å². The van der Waals surface area contributed by atoms with Crippen LogP contribution in [0.15, 0.2) is 91.0 Å². The Hall–Kier alpha value is -3.32. The fraction of sp³-hybridized carbons (Fsp3) is 0.250. The van der Waals surface area contributed by atoms with Gasteiger partial charge in [0.25, 0.3) is 0 Å². The van der Waals surface area contributed by atoms with E-state index in [4.69, 9.17) is 4.11 Å². The minimum absolute atomic E-state index is 0.219. The van der Waals surface area contributed by atoms with Crippen LogP contribution >= 0.6 is 0 Å². The van der Waals surface area contributed by atoms with Crippen molar-refractivity contribution in [2.75, 3.05) is 4.90 Å². The Bertz CT molecular complexity index is 1430. The quantitative estimate of drug-likeness (QED) is 0.311. The molecule has 0 spiro atoms. The fourth-order valence-corrected chi connectivity index (χ4v) is 5.32. The summed E-state index contributed by atoms with van der Waals surface area (Å²) in [5, 5.41) is 0. The van der Waals surface area contributed by atoms with E-state index in [1.807, 2.05) is 36.4 Å². The van der Waals surface area contributed by atoms with E-state index in [0.717, 1.165) is 33.6 Å². The highest BCUT2D eigenvalue weighted by Gasteiger charge is 2.39. The van der Waals surface area contributed by atoms with Crippen molar-refractivity contribution in [2.24, 2.45) is 0 Å². The summed E-state index contributed by atoms with van der Waals surface area (Å²) in [5.74, 6) is 0. The first-order chi connectivity index (χ1) is 16.9. The Morgan fingerprint density at radius 2 is 1.42 bits per heavy atom. The lowest BCUT2D eigenvalue weighted by atomic mass is 9.82. The van der Waals surface area contributed by atoms with Crippen LogP contribution in [-0.4, -0.2) is 5.54 Å². The standard InChI is InChI=1S/C32H33N/c1-22-19-20-28-29(26-17-10-11-18-27(26)32(28,5)6)30(22)33(31(2,3)4)25-16-12-15-24(21-25)23-13-8-7-9-14-23/h7-21H,1-6H3/i1D3. The molecule has 0 saturated heterocycles. The SMILES string of the molecule is [2H]C([2H])([2H])c1ccc2c(c1N(c1cccc(-c3ccccc3)c1)C(C)(C)C)-c1ccccc1C2(C)C. The fourth-order valence-electron chi connectivity index (χ4n) is 5.32. The molecule has 1 nitrogen and oxygen atoms in total. The van der Waals surface area contributed by atoms with Crippen molar-refractivity contribution >= 4 is 11.4 Å². The van der Waals surface area contributed by atoms with E-state index < -0.39 is 6.85 Å². The monoisotopic (exact) mass is 434 g/mol. The minimum atomic E-state index is -2.26. The van der Waals surface area contributed by atoms with Gasteiger partial charge in [0.2, 0.25) is 0 Å². The molecule has 0 amide bonds. The van der Waals surface area contributed by atoms with Crippen LogP contribution in [0, 0.1) is 6.85 Å². The molecule has 0 fully saturated rings. The zero-order valence-electron chi connectivity index (χ0n) is 23.1. The van der Waals surface area contributed by atoms with Gasteiger partial charge < -0.3 is 4.90 Å². The van der Waals surface area contributed by atoms with Crippen LogP contribution in [0.2, 0.25) is 0 Å². The van der Waals surface area contributed by atoms with Gasteiger partial charge in [-0.2, -0.15) is 0 Å². The molecule has 0 atom stereocenters. The third-order valence-corrected chi connectivity index (χ3v) is 6.83. The molecule has 0 bridgehead atoms. The summed E-state index contributed by atoms with van der Waals surface area (Å²) in [7, 11) is 0. The highest BCUT2D eigenvalue weighted by atomic mass is 15.2. The van der Waals surface area contributed by atoms with E-state index in [1.165, 1.54) is 11.1 Å². The highest BCUT2D eigenvalue weighted by molar-refractivity contribution is 5.94. The maximum absolute atomic E-state index is 8.50. The van der Waals surface area contributed by atoms with E-state index in [2.05, 4.69) is 94.1 Å². The Kier molecular flexibility index (Phi) is 4.19. The second-order valence-electron chi connectivity index (χ2n) is 10.5. The van der Waals surface area contributed by atoms with Gasteiger partial charge in [-0.15, -0.1) is 0 Å². The van der Waals surface area contributed by atoms with Crippen LogP contribution in [0.4, 0.5) is 11.4 Å². The summed E-state index contributed by atoms with van der Waals surface area (Å²) in [4.78, 5) is 2.23. The van der Waals surface area contributed by atoms with Crippen LogP contribution in [0.5, 0.6) is 0 Å². The summed E-state index contributed by atoms with van der Waals surface area (Å²) in [6, 6.07) is 31.0. The minimum Gasteiger partial charge on any atom is -0.335 e. The number of aryl methyl sites for hydroxylation is 1. The molecular weight excluding hydrogens is 398 g/mol. The molecule has 1 aliphatic rings. The van der Waals surface area contributed by atoms with Crippen molar-refractivity contribution in [1.29, 1.82) is 0 Å². The van der Waals surface area contributed by atoms with Gasteiger partial charge in [-0.1, -0.05) is 92.7 Å². The molecule has 0 aromatic heterocycles. The van der Waals surface area contributed by atoms with Gasteiger partial charge in [-0.05, 0) is 73.1 Å². The topological polar surface area (TPSA) is 3.24 Å². The smallest absolute Gasteiger partial charge is 0.0528 e. The Morgan fingerprint density at radius 1 is 0.727 bits per heavy atom. The molecular formula is C32H33N. The van der Waals surface area contributed by atoms with Crippen molar-refractivity contribution in [3.8, 4) is 22.3 Å². The number of rotatable bonds is 3. The number of nitrogens with zero attached hydrogens (tertiary/aromatic N) is 1. The van der Waals surface area contributed by atoms with Gasteiger partial charge >= 0.3 is 0 Å². The molecule has 4 aromatic carbocycles. The number of fused-ring (bicyclic) bond motifs is 3. The predicted octanol–water partition coefficient (Wildman–Crippen LogP) is 8.90. The highest BCUT2D eigenvalue weighted by Crippen LogP contribution is 2.54. The van der Waals surface area contributed by atoms with Crippen LogP contribution in [0.25, 0.3) is 22.3 Å². The Balaban J connectivity index is 1.85. The second kappa shape index (κ2) is 7.63. The van der Waals surface area contributed by atoms with Gasteiger partial charge in [-0.25, -0.2) is 0 Å². The largest absolute Gasteiger partial charge is 0.335 e. The first-order valence-electron chi connectivity index (χ1n) is 13.1. The average Bonchev–Trinajstić information content (AvgIpc) is 3.06. The molecule has 0 aliphatic heterocycles. The summed E-state index contributed by atoms with van der Waals surface area (Å²) in [5.41, 5.74) is 8.32. The van der Waals surface area contributed by atoms with E-state index in [1.54, 1.807) is 0 Å². The lowest BCUT2D eigenvalue weighted by molar-refractivity contribution is 0.559. The Morgan fingerprint density at radius 3 is 2.15 bits per heavy atom. The molecule has 0 saturated carbocycles. The molecule has 1 aliphatic carbocycles. The number of benzene rings is 4. The van der Waals surface area contributed by atoms with Crippen molar-refractivity contribution in [3.63, 3.8) is 0 Å². The number of hydrogen-bond donors (Lipinski definition) is 0. The first-order valence-corrected chi connectivity index (χ1v) is 11.6. The predicted molar refractivity (Wildman–Crippen MR) is 143 cm³/mol. The third kappa shape index (κ3) is 3.47. The molecule has 5 rings (SSSR count). The summed E-state index contributed by atoms with van der Waals surface area (Å²) in [6.45, 7) is 8.65. The van der Waals surface area contributed by atoms with Crippen LogP contribution in [0.3, 0.4) is 0 Å². The van der Waals surface area contributed by atoms with Gasteiger partial charge in [0.15, 0.2) is 0 Å². The summed E-state index contributed by atoms with van der Waals surface area (Å²) < 4.78 is 25.5. The third-order valence-electron chi connectivity index (χ3n) is 6.83. The molecule has 0 radical (unpaired) electrons. The molecule has 0 unspecified atom stereocenters. The molecule has 1 heteroatoms. The lowest BCUT2D eigenvalue weighted by Crippen LogP contribution is -2.38. The molecule has 4 aromatic rings. The zero-order chi connectivity index (χ0) is 25.9. The summed E-state index contributed by atoms with van der Waals surface area (Å²) in [6.07, 6.45) is 0. The van der Waals surface area contributed by atoms with Crippen LogP contribution in [-0.2, 0) is 5.41 Å². The van der Waals surface area contributed by atoms with Crippen molar-refractivity contribution in [1.82, 2.24) is 0 Å². The van der Waals surface area contributed by atoms with Crippen molar-refractivity contribution in [2.45, 2.75) is 52.4 Å². The van der Waals surface area contributed by atoms with Crippen molar-refractivity contribution in [3.05, 3.63) is 108 Å². The van der Waals surface area contributed by atoms with Crippen LogP contribution < -0.4 is 4.90 Å². The maximum Gasteiger partial charge on any atom is 0.0528 e. The van der Waals surface area contributed by atoms with E-state index in [-0.39, 0.29) is 11.0 Å². The van der Waals surface area contributed by atoms with Crippen molar-refractivity contribution < 1.29 is 4.11 Å². The lowest BCUT2D eigenvalue weighted by Gasteiger charge is -2.40. The second-order valence-corrected chi connectivity index (χ2v) is 10.5. The van der Waals surface area contributed by atoms with Crippen LogP contribution in [0.1, 0.15) is 55.4 Å². The molecule has 166 valence electrons.